The lowest BCUT2D eigenvalue weighted by Crippen LogP contribution is -2.26. The molecule has 0 fully saturated rings. The highest BCUT2D eigenvalue weighted by Crippen LogP contribution is 2.44. The van der Waals surface area contributed by atoms with Crippen LogP contribution >= 0.6 is 0 Å². The van der Waals surface area contributed by atoms with E-state index in [0.29, 0.717) is 6.04 Å². The summed E-state index contributed by atoms with van der Waals surface area (Å²) in [6, 6.07) is 39.8. The summed E-state index contributed by atoms with van der Waals surface area (Å²) < 4.78 is 0. The first-order valence-corrected chi connectivity index (χ1v) is 10.4. The van der Waals surface area contributed by atoms with Crippen molar-refractivity contribution in [1.82, 2.24) is 5.32 Å². The summed E-state index contributed by atoms with van der Waals surface area (Å²) in [5.41, 5.74) is 8.22. The molecular formula is C28H25N. The molecule has 0 aliphatic heterocycles. The number of hydrogen-bond acceptors (Lipinski definition) is 1. The first kappa shape index (κ1) is 17.9. The minimum Gasteiger partial charge on any atom is -0.299 e. The van der Waals surface area contributed by atoms with E-state index in [1.54, 1.807) is 0 Å². The van der Waals surface area contributed by atoms with Crippen molar-refractivity contribution in [2.24, 2.45) is 0 Å². The van der Waals surface area contributed by atoms with Crippen molar-refractivity contribution in [3.63, 3.8) is 0 Å². The molecule has 0 heterocycles. The normalized spacial score (nSPS) is 13.7. The number of nitrogens with one attached hydrogen (secondary N) is 1. The molecule has 1 atom stereocenters. The minimum absolute atomic E-state index is 0.225. The number of aryl methyl sites for hydroxylation is 1. The van der Waals surface area contributed by atoms with Gasteiger partial charge in [0.05, 0.1) is 6.04 Å². The highest BCUT2D eigenvalue weighted by Gasteiger charge is 2.29. The summed E-state index contributed by atoms with van der Waals surface area (Å²) in [5, 5.41) is 4.01. The molecule has 142 valence electrons. The molecule has 0 radical (unpaired) electrons. The van der Waals surface area contributed by atoms with Gasteiger partial charge in [-0.15, -0.1) is 0 Å². The lowest BCUT2D eigenvalue weighted by molar-refractivity contribution is 0.463. The molecule has 0 aromatic heterocycles. The summed E-state index contributed by atoms with van der Waals surface area (Å²) in [6.45, 7) is 0. The van der Waals surface area contributed by atoms with Crippen LogP contribution in [0.1, 0.15) is 40.8 Å². The van der Waals surface area contributed by atoms with Crippen LogP contribution in [0, 0.1) is 0 Å². The third-order valence-electron chi connectivity index (χ3n) is 5.97. The Morgan fingerprint density at radius 2 is 1.10 bits per heavy atom. The molecule has 1 aliphatic rings. The lowest BCUT2D eigenvalue weighted by Gasteiger charge is -2.25. The van der Waals surface area contributed by atoms with E-state index in [1.807, 2.05) is 0 Å². The van der Waals surface area contributed by atoms with Gasteiger partial charge in [0, 0.05) is 6.04 Å². The lowest BCUT2D eigenvalue weighted by atomic mass is 9.96. The number of rotatable bonds is 6. The van der Waals surface area contributed by atoms with Crippen LogP contribution in [0.25, 0.3) is 11.1 Å². The summed E-state index contributed by atoms with van der Waals surface area (Å²) >= 11 is 0. The van der Waals surface area contributed by atoms with Gasteiger partial charge < -0.3 is 0 Å². The second-order valence-corrected chi connectivity index (χ2v) is 7.76. The van der Waals surface area contributed by atoms with E-state index in [0.717, 1.165) is 12.8 Å². The standard InChI is InChI=1S/C28H25N/c1-3-11-21(12-4-1)19-20-27(22-13-5-2-6-14-22)29-28-25-17-9-7-15-23(25)24-16-8-10-18-26(24)28/h1-18,27-29H,19-20H2/t27-/m0/s1. The van der Waals surface area contributed by atoms with Crippen molar-refractivity contribution in [2.75, 3.05) is 0 Å². The second kappa shape index (κ2) is 8.06. The molecule has 0 unspecified atom stereocenters. The molecule has 0 saturated carbocycles. The summed E-state index contributed by atoms with van der Waals surface area (Å²) in [6.07, 6.45) is 2.12. The average Bonchev–Trinajstić information content (AvgIpc) is 3.12. The highest BCUT2D eigenvalue weighted by atomic mass is 15.0. The number of benzene rings is 4. The highest BCUT2D eigenvalue weighted by molar-refractivity contribution is 5.78. The summed E-state index contributed by atoms with van der Waals surface area (Å²) in [7, 11) is 0. The van der Waals surface area contributed by atoms with Crippen molar-refractivity contribution in [3.8, 4) is 11.1 Å². The van der Waals surface area contributed by atoms with Gasteiger partial charge in [0.2, 0.25) is 0 Å². The zero-order valence-electron chi connectivity index (χ0n) is 16.5. The van der Waals surface area contributed by atoms with E-state index < -0.39 is 0 Å². The largest absolute Gasteiger partial charge is 0.299 e. The van der Waals surface area contributed by atoms with Gasteiger partial charge in [-0.25, -0.2) is 0 Å². The predicted molar refractivity (Wildman–Crippen MR) is 121 cm³/mol. The van der Waals surface area contributed by atoms with Crippen LogP contribution in [-0.4, -0.2) is 0 Å². The smallest absolute Gasteiger partial charge is 0.0593 e. The molecule has 4 aromatic carbocycles. The van der Waals surface area contributed by atoms with Crippen LogP contribution in [0.15, 0.2) is 109 Å². The Hall–Kier alpha value is -3.16. The van der Waals surface area contributed by atoms with E-state index in [1.165, 1.54) is 33.4 Å². The first-order chi connectivity index (χ1) is 14.4. The Morgan fingerprint density at radius 1 is 0.586 bits per heavy atom. The summed E-state index contributed by atoms with van der Waals surface area (Å²) in [5.74, 6) is 0. The van der Waals surface area contributed by atoms with E-state index in [-0.39, 0.29) is 6.04 Å². The Balaban J connectivity index is 1.47. The summed E-state index contributed by atoms with van der Waals surface area (Å²) in [4.78, 5) is 0. The van der Waals surface area contributed by atoms with Crippen molar-refractivity contribution in [2.45, 2.75) is 24.9 Å². The fraction of sp³-hybridized carbons (Fsp3) is 0.143. The maximum Gasteiger partial charge on any atom is 0.0593 e. The average molecular weight is 376 g/mol. The van der Waals surface area contributed by atoms with Gasteiger partial charge in [0.15, 0.2) is 0 Å². The van der Waals surface area contributed by atoms with E-state index in [4.69, 9.17) is 0 Å². The molecule has 1 N–H and O–H groups in total. The SMILES string of the molecule is c1ccc(CC[C@H](NC2c3ccccc3-c3ccccc32)c2ccccc2)cc1. The van der Waals surface area contributed by atoms with Gasteiger partial charge in [0.25, 0.3) is 0 Å². The molecule has 0 amide bonds. The Labute approximate surface area is 173 Å². The number of fused-ring (bicyclic) bond motifs is 3. The van der Waals surface area contributed by atoms with Gasteiger partial charge >= 0.3 is 0 Å². The van der Waals surface area contributed by atoms with Gasteiger partial charge in [-0.1, -0.05) is 109 Å². The Bertz CT molecular complexity index is 1040. The van der Waals surface area contributed by atoms with Crippen LogP contribution in [0.5, 0.6) is 0 Å². The van der Waals surface area contributed by atoms with Gasteiger partial charge in [-0.2, -0.15) is 0 Å². The molecule has 5 rings (SSSR count). The molecule has 1 aliphatic carbocycles. The topological polar surface area (TPSA) is 12.0 Å². The maximum atomic E-state index is 4.01. The number of hydrogen-bond donors (Lipinski definition) is 1. The molecule has 1 heteroatoms. The van der Waals surface area contributed by atoms with E-state index >= 15 is 0 Å². The van der Waals surface area contributed by atoms with Crippen molar-refractivity contribution in [1.29, 1.82) is 0 Å². The zero-order valence-corrected chi connectivity index (χ0v) is 16.5. The van der Waals surface area contributed by atoms with Crippen molar-refractivity contribution < 1.29 is 0 Å². The first-order valence-electron chi connectivity index (χ1n) is 10.4. The minimum atomic E-state index is 0.225. The van der Waals surface area contributed by atoms with Gasteiger partial charge in [0.1, 0.15) is 0 Å². The van der Waals surface area contributed by atoms with Gasteiger partial charge in [-0.3, -0.25) is 5.32 Å². The third kappa shape index (κ3) is 3.62. The molecule has 4 aromatic rings. The molecule has 29 heavy (non-hydrogen) atoms. The molecule has 0 bridgehead atoms. The van der Waals surface area contributed by atoms with Crippen molar-refractivity contribution >= 4 is 0 Å². The zero-order chi connectivity index (χ0) is 19.5. The predicted octanol–water partition coefficient (Wildman–Crippen LogP) is 6.72. The molecular weight excluding hydrogens is 350 g/mol. The molecule has 0 spiro atoms. The Kier molecular flexibility index (Phi) is 4.98. The van der Waals surface area contributed by atoms with Crippen LogP contribution in [0.2, 0.25) is 0 Å². The fourth-order valence-corrected chi connectivity index (χ4v) is 4.52. The Morgan fingerprint density at radius 3 is 1.72 bits per heavy atom. The quantitative estimate of drug-likeness (QED) is 0.394. The monoisotopic (exact) mass is 375 g/mol. The van der Waals surface area contributed by atoms with Gasteiger partial charge in [-0.05, 0) is 46.2 Å². The third-order valence-corrected chi connectivity index (χ3v) is 5.97. The second-order valence-electron chi connectivity index (χ2n) is 7.76. The van der Waals surface area contributed by atoms with Crippen LogP contribution < -0.4 is 5.32 Å². The van der Waals surface area contributed by atoms with Crippen LogP contribution in [0.4, 0.5) is 0 Å². The molecule has 0 saturated heterocycles. The molecule has 1 nitrogen and oxygen atoms in total. The maximum absolute atomic E-state index is 4.01. The van der Waals surface area contributed by atoms with Crippen molar-refractivity contribution in [3.05, 3.63) is 131 Å². The fourth-order valence-electron chi connectivity index (χ4n) is 4.52. The van der Waals surface area contributed by atoms with E-state index in [9.17, 15) is 0 Å². The van der Waals surface area contributed by atoms with E-state index in [2.05, 4.69) is 115 Å². The van der Waals surface area contributed by atoms with Crippen LogP contribution in [0.3, 0.4) is 0 Å². The van der Waals surface area contributed by atoms with Crippen LogP contribution in [-0.2, 0) is 6.42 Å².